The number of alkyl halides is 3. The van der Waals surface area contributed by atoms with Crippen LogP contribution in [0.15, 0.2) is 24.3 Å². The van der Waals surface area contributed by atoms with Crippen molar-refractivity contribution in [3.63, 3.8) is 0 Å². The van der Waals surface area contributed by atoms with Crippen molar-refractivity contribution < 1.29 is 23.1 Å². The average Bonchev–Trinajstić information content (AvgIpc) is 2.48. The number of carboxylic acids is 1. The number of rotatable bonds is 2. The molecule has 1 atom stereocenters. The van der Waals surface area contributed by atoms with Gasteiger partial charge in [-0.3, -0.25) is 4.79 Å². The summed E-state index contributed by atoms with van der Waals surface area (Å²) in [6.45, 7) is 1.89. The number of hydrogen-bond donors (Lipinski definition) is 3. The van der Waals surface area contributed by atoms with Crippen molar-refractivity contribution in [3.05, 3.63) is 35.4 Å². The molecule has 0 spiro atoms. The van der Waals surface area contributed by atoms with Gasteiger partial charge in [0.2, 0.25) is 0 Å². The molecule has 0 radical (unpaired) electrons. The Labute approximate surface area is 121 Å². The Morgan fingerprint density at radius 3 is 2.29 bits per heavy atom. The molecule has 4 nitrogen and oxygen atoms in total. The first-order chi connectivity index (χ1) is 9.84. The van der Waals surface area contributed by atoms with Gasteiger partial charge in [0.15, 0.2) is 0 Å². The predicted molar refractivity (Wildman–Crippen MR) is 72.6 cm³/mol. The van der Waals surface area contributed by atoms with Crippen molar-refractivity contribution in [2.45, 2.75) is 25.6 Å². The normalized spacial score (nSPS) is 18.6. The van der Waals surface area contributed by atoms with Crippen LogP contribution in [0.2, 0.25) is 0 Å². The maximum atomic E-state index is 12.0. The van der Waals surface area contributed by atoms with E-state index < -0.39 is 17.7 Å². The van der Waals surface area contributed by atoms with Gasteiger partial charge in [-0.1, -0.05) is 12.1 Å². The van der Waals surface area contributed by atoms with Crippen LogP contribution < -0.4 is 11.1 Å². The molecular weight excluding hydrogens is 285 g/mol. The number of carboxylic acid groups (broad SMARTS) is 1. The number of nitrogens with two attached hydrogens (primary N) is 1. The van der Waals surface area contributed by atoms with Gasteiger partial charge in [0.1, 0.15) is 0 Å². The fourth-order valence-electron chi connectivity index (χ4n) is 1.89. The van der Waals surface area contributed by atoms with Gasteiger partial charge in [-0.2, -0.15) is 13.2 Å². The molecule has 1 aromatic rings. The Hall–Kier alpha value is -1.60. The molecule has 118 valence electrons. The lowest BCUT2D eigenvalue weighted by atomic mass is 10.0. The van der Waals surface area contributed by atoms with Crippen molar-refractivity contribution in [1.82, 2.24) is 5.32 Å². The van der Waals surface area contributed by atoms with Crippen LogP contribution in [0.25, 0.3) is 0 Å². The molecule has 0 aromatic heterocycles. The van der Waals surface area contributed by atoms with Crippen LogP contribution in [0, 0.1) is 5.92 Å². The molecule has 1 aromatic carbocycles. The van der Waals surface area contributed by atoms with Crippen LogP contribution in [0.5, 0.6) is 0 Å². The van der Waals surface area contributed by atoms with Crippen LogP contribution in [-0.2, 0) is 17.5 Å². The van der Waals surface area contributed by atoms with Gasteiger partial charge in [-0.05, 0) is 37.1 Å². The molecule has 7 heteroatoms. The lowest BCUT2D eigenvalue weighted by molar-refractivity contribution is -0.142. The second kappa shape index (κ2) is 7.99. The lowest BCUT2D eigenvalue weighted by Crippen LogP contribution is -2.34. The van der Waals surface area contributed by atoms with E-state index in [0.717, 1.165) is 31.5 Å². The Morgan fingerprint density at radius 1 is 1.33 bits per heavy atom. The number of carbonyl (C=O) groups is 1. The Kier molecular flexibility index (Phi) is 6.64. The molecule has 1 heterocycles. The summed E-state index contributed by atoms with van der Waals surface area (Å²) in [7, 11) is 0. The largest absolute Gasteiger partial charge is 0.481 e. The molecule has 1 aliphatic rings. The molecule has 1 fully saturated rings. The van der Waals surface area contributed by atoms with Crippen molar-refractivity contribution in [3.8, 4) is 0 Å². The summed E-state index contributed by atoms with van der Waals surface area (Å²) < 4.78 is 36.0. The fourth-order valence-corrected chi connectivity index (χ4v) is 1.89. The highest BCUT2D eigenvalue weighted by Gasteiger charge is 2.29. The highest BCUT2D eigenvalue weighted by molar-refractivity contribution is 5.70. The predicted octanol–water partition coefficient (Wildman–Crippen LogP) is 2.23. The van der Waals surface area contributed by atoms with E-state index in [1.807, 2.05) is 0 Å². The third kappa shape index (κ3) is 6.14. The number of benzene rings is 1. The maximum Gasteiger partial charge on any atom is 0.416 e. The molecule has 0 amide bonds. The molecule has 2 rings (SSSR count). The number of nitrogens with one attached hydrogen (secondary N) is 1. The van der Waals surface area contributed by atoms with E-state index >= 15 is 0 Å². The summed E-state index contributed by atoms with van der Waals surface area (Å²) in [5.74, 6) is -0.805. The molecule has 21 heavy (non-hydrogen) atoms. The average molecular weight is 304 g/mol. The molecule has 1 unspecified atom stereocenters. The molecule has 0 saturated carbocycles. The standard InChI is InChI=1S/C8H8F3N.C6H11NO2/c9-8(10,11)7-3-1-6(5-12)2-4-7;8-6(9)5-2-1-3-7-4-5/h1-4H,5,12H2;5,7H,1-4H2,(H,8,9). The Bertz CT molecular complexity index is 441. The van der Waals surface area contributed by atoms with Crippen LogP contribution in [0.3, 0.4) is 0 Å². The molecule has 4 N–H and O–H groups in total. The van der Waals surface area contributed by atoms with E-state index in [1.54, 1.807) is 0 Å². The van der Waals surface area contributed by atoms with E-state index in [2.05, 4.69) is 5.32 Å². The lowest BCUT2D eigenvalue weighted by Gasteiger charge is -2.18. The number of aliphatic carboxylic acids is 1. The Morgan fingerprint density at radius 2 is 1.95 bits per heavy atom. The monoisotopic (exact) mass is 304 g/mol. The van der Waals surface area contributed by atoms with Crippen LogP contribution >= 0.6 is 0 Å². The zero-order chi connectivity index (χ0) is 15.9. The highest BCUT2D eigenvalue weighted by atomic mass is 19.4. The third-order valence-corrected chi connectivity index (χ3v) is 3.16. The first kappa shape index (κ1) is 17.5. The molecule has 0 aliphatic carbocycles. The second-order valence-electron chi connectivity index (χ2n) is 4.78. The summed E-state index contributed by atoms with van der Waals surface area (Å²) in [5.41, 5.74) is 5.29. The van der Waals surface area contributed by atoms with Gasteiger partial charge in [0.05, 0.1) is 11.5 Å². The first-order valence-corrected chi connectivity index (χ1v) is 6.64. The number of piperidine rings is 1. The highest BCUT2D eigenvalue weighted by Crippen LogP contribution is 2.28. The van der Waals surface area contributed by atoms with E-state index in [-0.39, 0.29) is 12.5 Å². The summed E-state index contributed by atoms with van der Waals surface area (Å²) >= 11 is 0. The van der Waals surface area contributed by atoms with E-state index in [4.69, 9.17) is 10.8 Å². The molecule has 0 bridgehead atoms. The van der Waals surface area contributed by atoms with Crippen molar-refractivity contribution in [2.75, 3.05) is 13.1 Å². The zero-order valence-electron chi connectivity index (χ0n) is 11.5. The minimum absolute atomic E-state index is 0.140. The smallest absolute Gasteiger partial charge is 0.416 e. The van der Waals surface area contributed by atoms with E-state index in [9.17, 15) is 18.0 Å². The van der Waals surface area contributed by atoms with Crippen LogP contribution in [0.1, 0.15) is 24.0 Å². The SMILES string of the molecule is NCc1ccc(C(F)(F)F)cc1.O=C(O)C1CCCNC1. The summed E-state index contributed by atoms with van der Waals surface area (Å²) in [6, 6.07) is 4.82. The fraction of sp³-hybridized carbons (Fsp3) is 0.500. The summed E-state index contributed by atoms with van der Waals surface area (Å²) in [5, 5.41) is 11.5. The molecular formula is C14H19F3N2O2. The van der Waals surface area contributed by atoms with Crippen LogP contribution in [0.4, 0.5) is 13.2 Å². The number of halogens is 3. The van der Waals surface area contributed by atoms with Gasteiger partial charge in [0, 0.05) is 13.1 Å². The van der Waals surface area contributed by atoms with Crippen molar-refractivity contribution >= 4 is 5.97 Å². The van der Waals surface area contributed by atoms with Gasteiger partial charge < -0.3 is 16.2 Å². The van der Waals surface area contributed by atoms with E-state index in [0.29, 0.717) is 12.1 Å². The minimum Gasteiger partial charge on any atom is -0.481 e. The van der Waals surface area contributed by atoms with E-state index in [1.165, 1.54) is 12.1 Å². The first-order valence-electron chi connectivity index (χ1n) is 6.64. The minimum atomic E-state index is -4.26. The molecule has 1 aliphatic heterocycles. The molecule has 1 saturated heterocycles. The quantitative estimate of drug-likeness (QED) is 0.783. The van der Waals surface area contributed by atoms with Gasteiger partial charge >= 0.3 is 12.1 Å². The van der Waals surface area contributed by atoms with Gasteiger partial charge in [-0.25, -0.2) is 0 Å². The second-order valence-corrected chi connectivity index (χ2v) is 4.78. The maximum absolute atomic E-state index is 12.0. The van der Waals surface area contributed by atoms with Crippen LogP contribution in [-0.4, -0.2) is 24.2 Å². The summed E-state index contributed by atoms with van der Waals surface area (Å²) in [6.07, 6.45) is -2.42. The van der Waals surface area contributed by atoms with Crippen molar-refractivity contribution in [2.24, 2.45) is 11.7 Å². The third-order valence-electron chi connectivity index (χ3n) is 3.16. The number of hydrogen-bond acceptors (Lipinski definition) is 3. The zero-order valence-corrected chi connectivity index (χ0v) is 11.5. The topological polar surface area (TPSA) is 75.4 Å². The summed E-state index contributed by atoms with van der Waals surface area (Å²) in [4.78, 5) is 10.3. The Balaban J connectivity index is 0.000000219. The van der Waals surface area contributed by atoms with Gasteiger partial charge in [0.25, 0.3) is 0 Å². The van der Waals surface area contributed by atoms with Crippen molar-refractivity contribution in [1.29, 1.82) is 0 Å². The van der Waals surface area contributed by atoms with Gasteiger partial charge in [-0.15, -0.1) is 0 Å².